The summed E-state index contributed by atoms with van der Waals surface area (Å²) in [6.07, 6.45) is 3.59. The summed E-state index contributed by atoms with van der Waals surface area (Å²) < 4.78 is 0. The fourth-order valence-electron chi connectivity index (χ4n) is 2.58. The van der Waals surface area contributed by atoms with Gasteiger partial charge in [0, 0.05) is 25.0 Å². The molecule has 0 spiro atoms. The summed E-state index contributed by atoms with van der Waals surface area (Å²) in [5.74, 6) is 0.109. The number of rotatable bonds is 5. The minimum Gasteiger partial charge on any atom is -0.392 e. The van der Waals surface area contributed by atoms with E-state index < -0.39 is 0 Å². The Bertz CT molecular complexity index is 464. The summed E-state index contributed by atoms with van der Waals surface area (Å²) in [4.78, 5) is 17.3. The average molecular weight is 308 g/mol. The Morgan fingerprint density at radius 1 is 1.43 bits per heavy atom. The van der Waals surface area contributed by atoms with Gasteiger partial charge in [-0.2, -0.15) is 0 Å². The molecule has 4 nitrogen and oxygen atoms in total. The molecule has 1 amide bonds. The van der Waals surface area contributed by atoms with Crippen LogP contribution in [-0.4, -0.2) is 59.9 Å². The lowest BCUT2D eigenvalue weighted by Crippen LogP contribution is -2.44. The average Bonchev–Trinajstić information content (AvgIpc) is 2.48. The summed E-state index contributed by atoms with van der Waals surface area (Å²) in [7, 11) is 1.84. The van der Waals surface area contributed by atoms with Crippen molar-refractivity contribution < 1.29 is 9.90 Å². The molecule has 21 heavy (non-hydrogen) atoms. The quantitative estimate of drug-likeness (QED) is 0.843. The molecule has 2 rings (SSSR count). The van der Waals surface area contributed by atoms with Crippen molar-refractivity contribution in [3.8, 4) is 0 Å². The molecule has 0 radical (unpaired) electrons. The molecule has 0 bridgehead atoms. The summed E-state index contributed by atoms with van der Waals surface area (Å²) in [6.45, 7) is 2.54. The Balaban J connectivity index is 1.83. The molecule has 1 aromatic carbocycles. The highest BCUT2D eigenvalue weighted by Crippen LogP contribution is 2.16. The van der Waals surface area contributed by atoms with Crippen LogP contribution < -0.4 is 0 Å². The van der Waals surface area contributed by atoms with Crippen LogP contribution in [0.25, 0.3) is 0 Å². The van der Waals surface area contributed by atoms with Gasteiger partial charge in [0.1, 0.15) is 0 Å². The number of benzene rings is 1. The number of likely N-dealkylation sites (tertiary alicyclic amines) is 1. The number of piperidine rings is 1. The van der Waals surface area contributed by atoms with Crippen LogP contribution in [0.3, 0.4) is 0 Å². The van der Waals surface area contributed by atoms with Gasteiger partial charge in [0.2, 0.25) is 5.91 Å². The van der Waals surface area contributed by atoms with Crippen LogP contribution in [0.4, 0.5) is 0 Å². The van der Waals surface area contributed by atoms with Crippen molar-refractivity contribution in [3.63, 3.8) is 0 Å². The van der Waals surface area contributed by atoms with Gasteiger partial charge in [0.05, 0.1) is 12.6 Å². The number of likely N-dealkylation sites (N-methyl/N-ethyl adjacent to an activating group) is 1. The van der Waals surface area contributed by atoms with Gasteiger partial charge in [-0.25, -0.2) is 0 Å². The van der Waals surface area contributed by atoms with E-state index in [0.717, 1.165) is 24.9 Å². The van der Waals surface area contributed by atoms with E-state index in [2.05, 4.69) is 30.5 Å². The highest BCUT2D eigenvalue weighted by atomic mass is 32.2. The van der Waals surface area contributed by atoms with E-state index in [1.54, 1.807) is 16.7 Å². The Morgan fingerprint density at radius 2 is 2.14 bits per heavy atom. The maximum absolute atomic E-state index is 12.2. The van der Waals surface area contributed by atoms with Crippen LogP contribution in [0.1, 0.15) is 18.4 Å². The molecule has 1 aliphatic rings. The fourth-order valence-corrected chi connectivity index (χ4v) is 2.99. The van der Waals surface area contributed by atoms with Gasteiger partial charge in [0.15, 0.2) is 0 Å². The monoisotopic (exact) mass is 308 g/mol. The number of aliphatic hydroxyl groups is 1. The highest BCUT2D eigenvalue weighted by molar-refractivity contribution is 7.98. The van der Waals surface area contributed by atoms with Gasteiger partial charge in [-0.1, -0.05) is 12.1 Å². The van der Waals surface area contributed by atoms with E-state index in [0.29, 0.717) is 19.6 Å². The van der Waals surface area contributed by atoms with Crippen molar-refractivity contribution in [1.29, 1.82) is 0 Å². The first kappa shape index (κ1) is 16.3. The lowest BCUT2D eigenvalue weighted by atomic mass is 10.1. The Morgan fingerprint density at radius 3 is 2.76 bits per heavy atom. The summed E-state index contributed by atoms with van der Waals surface area (Å²) in [6, 6.07) is 8.30. The van der Waals surface area contributed by atoms with Gasteiger partial charge in [-0.05, 0) is 43.3 Å². The standard InChI is InChI=1S/C16H24N2O2S/c1-17(10-13-5-7-15(21-2)8-6-13)16(20)12-18-9-3-4-14(19)11-18/h5-8,14,19H,3-4,9-12H2,1-2H3. The van der Waals surface area contributed by atoms with Crippen molar-refractivity contribution >= 4 is 17.7 Å². The Labute approximate surface area is 131 Å². The van der Waals surface area contributed by atoms with Gasteiger partial charge in [-0.3, -0.25) is 9.69 Å². The topological polar surface area (TPSA) is 43.8 Å². The van der Waals surface area contributed by atoms with Crippen molar-refractivity contribution in [2.75, 3.05) is 32.9 Å². The van der Waals surface area contributed by atoms with E-state index in [4.69, 9.17) is 0 Å². The number of hydrogen-bond acceptors (Lipinski definition) is 4. The van der Waals surface area contributed by atoms with Gasteiger partial charge in [0.25, 0.3) is 0 Å². The van der Waals surface area contributed by atoms with Crippen LogP contribution in [0.2, 0.25) is 0 Å². The number of amides is 1. The largest absolute Gasteiger partial charge is 0.392 e. The molecule has 116 valence electrons. The first-order valence-electron chi connectivity index (χ1n) is 7.36. The minimum atomic E-state index is -0.282. The number of hydrogen-bond donors (Lipinski definition) is 1. The van der Waals surface area contributed by atoms with Gasteiger partial charge >= 0.3 is 0 Å². The second kappa shape index (κ2) is 7.82. The number of carbonyl (C=O) groups is 1. The second-order valence-corrected chi connectivity index (χ2v) is 6.51. The number of carbonyl (C=O) groups excluding carboxylic acids is 1. The van der Waals surface area contributed by atoms with Crippen molar-refractivity contribution in [1.82, 2.24) is 9.80 Å². The predicted molar refractivity (Wildman–Crippen MR) is 86.4 cm³/mol. The second-order valence-electron chi connectivity index (χ2n) is 5.63. The highest BCUT2D eigenvalue weighted by Gasteiger charge is 2.21. The van der Waals surface area contributed by atoms with Crippen LogP contribution in [0.5, 0.6) is 0 Å². The number of nitrogens with zero attached hydrogens (tertiary/aromatic N) is 2. The zero-order valence-corrected chi connectivity index (χ0v) is 13.6. The Hall–Kier alpha value is -1.04. The predicted octanol–water partition coefficient (Wildman–Crippen LogP) is 1.82. The molecular formula is C16H24N2O2S. The molecule has 1 unspecified atom stereocenters. The van der Waals surface area contributed by atoms with Crippen molar-refractivity contribution in [2.24, 2.45) is 0 Å². The molecule has 1 saturated heterocycles. The smallest absolute Gasteiger partial charge is 0.236 e. The SMILES string of the molecule is CSc1ccc(CN(C)C(=O)CN2CCCC(O)C2)cc1. The van der Waals surface area contributed by atoms with Gasteiger partial charge < -0.3 is 10.0 Å². The molecule has 1 N–H and O–H groups in total. The van der Waals surface area contributed by atoms with Gasteiger partial charge in [-0.15, -0.1) is 11.8 Å². The molecule has 1 aromatic rings. The molecule has 0 saturated carbocycles. The third-order valence-electron chi connectivity index (χ3n) is 3.84. The fraction of sp³-hybridized carbons (Fsp3) is 0.562. The van der Waals surface area contributed by atoms with Crippen molar-refractivity contribution in [2.45, 2.75) is 30.4 Å². The molecular weight excluding hydrogens is 284 g/mol. The number of thioether (sulfide) groups is 1. The third kappa shape index (κ3) is 5.02. The van der Waals surface area contributed by atoms with Crippen LogP contribution in [-0.2, 0) is 11.3 Å². The summed E-state index contributed by atoms with van der Waals surface area (Å²) in [5.41, 5.74) is 1.14. The van der Waals surface area contributed by atoms with Crippen LogP contribution in [0.15, 0.2) is 29.2 Å². The Kier molecular flexibility index (Phi) is 6.08. The maximum atomic E-state index is 12.2. The normalized spacial score (nSPS) is 19.5. The summed E-state index contributed by atoms with van der Waals surface area (Å²) in [5, 5.41) is 9.65. The molecule has 0 aliphatic carbocycles. The zero-order valence-electron chi connectivity index (χ0n) is 12.8. The minimum absolute atomic E-state index is 0.109. The third-order valence-corrected chi connectivity index (χ3v) is 4.59. The van der Waals surface area contributed by atoms with E-state index in [9.17, 15) is 9.90 Å². The van der Waals surface area contributed by atoms with Crippen LogP contribution in [0, 0.1) is 0 Å². The van der Waals surface area contributed by atoms with E-state index >= 15 is 0 Å². The first-order chi connectivity index (χ1) is 10.1. The molecule has 0 aromatic heterocycles. The molecule has 1 aliphatic heterocycles. The van der Waals surface area contributed by atoms with E-state index in [1.807, 2.05) is 11.9 Å². The molecule has 1 heterocycles. The molecule has 1 atom stereocenters. The van der Waals surface area contributed by atoms with E-state index in [1.165, 1.54) is 4.90 Å². The maximum Gasteiger partial charge on any atom is 0.236 e. The lowest BCUT2D eigenvalue weighted by Gasteiger charge is -2.30. The molecule has 5 heteroatoms. The lowest BCUT2D eigenvalue weighted by molar-refractivity contribution is -0.132. The van der Waals surface area contributed by atoms with Crippen LogP contribution >= 0.6 is 11.8 Å². The number of aliphatic hydroxyl groups excluding tert-OH is 1. The summed E-state index contributed by atoms with van der Waals surface area (Å²) >= 11 is 1.72. The van der Waals surface area contributed by atoms with E-state index in [-0.39, 0.29) is 12.0 Å². The zero-order chi connectivity index (χ0) is 15.2. The molecule has 1 fully saturated rings. The van der Waals surface area contributed by atoms with Crippen molar-refractivity contribution in [3.05, 3.63) is 29.8 Å². The number of β-amino-alcohol motifs (C(OH)–C–C–N with tert-alkyl or cyclic N) is 1. The first-order valence-corrected chi connectivity index (χ1v) is 8.58.